The van der Waals surface area contributed by atoms with Gasteiger partial charge in [-0.25, -0.2) is 9.97 Å². The predicted molar refractivity (Wildman–Crippen MR) is 84.7 cm³/mol. The van der Waals surface area contributed by atoms with Gasteiger partial charge in [-0.05, 0) is 36.8 Å². The van der Waals surface area contributed by atoms with Gasteiger partial charge in [0, 0.05) is 11.9 Å². The number of hydrogen-bond acceptors (Lipinski definition) is 4. The molecule has 3 rings (SSSR count). The number of hydrogen-bond donors (Lipinski definition) is 1. The molecule has 0 fully saturated rings. The van der Waals surface area contributed by atoms with Crippen molar-refractivity contribution in [2.24, 2.45) is 0 Å². The fourth-order valence-corrected chi connectivity index (χ4v) is 2.30. The lowest BCUT2D eigenvalue weighted by atomic mass is 10.2. The summed E-state index contributed by atoms with van der Waals surface area (Å²) in [5.74, 6) is 1.58. The van der Waals surface area contributed by atoms with E-state index in [0.717, 1.165) is 22.3 Å². The zero-order valence-electron chi connectivity index (χ0n) is 12.5. The molecule has 0 saturated heterocycles. The number of fused-ring (bicyclic) bond motifs is 1. The summed E-state index contributed by atoms with van der Waals surface area (Å²) in [7, 11) is 0. The van der Waals surface area contributed by atoms with E-state index in [1.54, 1.807) is 12.1 Å². The summed E-state index contributed by atoms with van der Waals surface area (Å²) >= 11 is 0. The van der Waals surface area contributed by atoms with Crippen molar-refractivity contribution < 1.29 is 13.5 Å². The first kappa shape index (κ1) is 15.1. The van der Waals surface area contributed by atoms with Gasteiger partial charge in [0.1, 0.15) is 17.4 Å². The smallest absolute Gasteiger partial charge is 0.387 e. The van der Waals surface area contributed by atoms with Crippen LogP contribution in [0.5, 0.6) is 5.75 Å². The number of alkyl halides is 2. The molecule has 1 aromatic heterocycles. The minimum absolute atomic E-state index is 0.145. The number of rotatable bonds is 5. The third kappa shape index (κ3) is 3.71. The van der Waals surface area contributed by atoms with Crippen LogP contribution in [0.2, 0.25) is 0 Å². The van der Waals surface area contributed by atoms with Crippen molar-refractivity contribution in [3.8, 4) is 5.75 Å². The van der Waals surface area contributed by atoms with Gasteiger partial charge in [0.05, 0.1) is 5.52 Å². The van der Waals surface area contributed by atoms with Crippen LogP contribution < -0.4 is 10.1 Å². The van der Waals surface area contributed by atoms with Crippen molar-refractivity contribution in [1.82, 2.24) is 9.97 Å². The maximum absolute atomic E-state index is 12.1. The minimum Gasteiger partial charge on any atom is -0.435 e. The Kier molecular flexibility index (Phi) is 4.32. The van der Waals surface area contributed by atoms with Gasteiger partial charge in [-0.3, -0.25) is 0 Å². The number of ether oxygens (including phenoxy) is 1. The van der Waals surface area contributed by atoms with Crippen LogP contribution in [0, 0.1) is 6.92 Å². The highest BCUT2D eigenvalue weighted by Gasteiger charge is 2.06. The topological polar surface area (TPSA) is 47.0 Å². The molecule has 3 aromatic rings. The Hall–Kier alpha value is -2.76. The first-order valence-electron chi connectivity index (χ1n) is 7.13. The normalized spacial score (nSPS) is 11.0. The molecule has 0 radical (unpaired) electrons. The van der Waals surface area contributed by atoms with Gasteiger partial charge in [-0.1, -0.05) is 24.3 Å². The standard InChI is InChI=1S/C17H15F2N3O/c1-11-21-15-5-3-2-4-14(15)16(22-11)20-10-12-6-8-13(9-7-12)23-17(18)19/h2-9,17H,10H2,1H3,(H,20,21,22). The Morgan fingerprint density at radius 2 is 1.78 bits per heavy atom. The zero-order chi connectivity index (χ0) is 16.2. The van der Waals surface area contributed by atoms with Crippen molar-refractivity contribution >= 4 is 16.7 Å². The number of aromatic nitrogens is 2. The Morgan fingerprint density at radius 3 is 2.52 bits per heavy atom. The Bertz CT molecular complexity index is 807. The molecular formula is C17H15F2N3O. The quantitative estimate of drug-likeness (QED) is 0.768. The molecule has 0 aliphatic heterocycles. The third-order valence-electron chi connectivity index (χ3n) is 3.32. The molecule has 0 aliphatic rings. The molecule has 0 bridgehead atoms. The van der Waals surface area contributed by atoms with Crippen molar-refractivity contribution in [3.63, 3.8) is 0 Å². The van der Waals surface area contributed by atoms with Crippen LogP contribution in [0.15, 0.2) is 48.5 Å². The number of nitrogens with one attached hydrogen (secondary N) is 1. The molecule has 2 aromatic carbocycles. The lowest BCUT2D eigenvalue weighted by Gasteiger charge is -2.10. The maximum atomic E-state index is 12.1. The molecule has 0 atom stereocenters. The molecule has 118 valence electrons. The van der Waals surface area contributed by atoms with Crippen LogP contribution in [0.4, 0.5) is 14.6 Å². The summed E-state index contributed by atoms with van der Waals surface area (Å²) in [6.45, 7) is -0.446. The van der Waals surface area contributed by atoms with Crippen LogP contribution in [0.3, 0.4) is 0 Å². The second kappa shape index (κ2) is 6.56. The van der Waals surface area contributed by atoms with Crippen LogP contribution >= 0.6 is 0 Å². The van der Waals surface area contributed by atoms with Gasteiger partial charge in [0.25, 0.3) is 0 Å². The molecule has 1 N–H and O–H groups in total. The van der Waals surface area contributed by atoms with E-state index in [4.69, 9.17) is 0 Å². The van der Waals surface area contributed by atoms with E-state index in [1.807, 2.05) is 31.2 Å². The molecule has 6 heteroatoms. The largest absolute Gasteiger partial charge is 0.435 e. The molecule has 4 nitrogen and oxygen atoms in total. The number of nitrogens with zero attached hydrogens (tertiary/aromatic N) is 2. The first-order chi connectivity index (χ1) is 11.1. The number of benzene rings is 2. The van der Waals surface area contributed by atoms with E-state index in [1.165, 1.54) is 12.1 Å². The molecular weight excluding hydrogens is 300 g/mol. The monoisotopic (exact) mass is 315 g/mol. The van der Waals surface area contributed by atoms with Crippen LogP contribution in [0.1, 0.15) is 11.4 Å². The van der Waals surface area contributed by atoms with Gasteiger partial charge in [-0.15, -0.1) is 0 Å². The van der Waals surface area contributed by atoms with E-state index in [0.29, 0.717) is 12.4 Å². The summed E-state index contributed by atoms with van der Waals surface area (Å²) in [6, 6.07) is 14.3. The molecule has 1 heterocycles. The van der Waals surface area contributed by atoms with E-state index < -0.39 is 6.61 Å². The summed E-state index contributed by atoms with van der Waals surface area (Å²) in [6.07, 6.45) is 0. The Labute approximate surface area is 132 Å². The van der Waals surface area contributed by atoms with Gasteiger partial charge in [0.2, 0.25) is 0 Å². The van der Waals surface area contributed by atoms with E-state index >= 15 is 0 Å². The first-order valence-corrected chi connectivity index (χ1v) is 7.13. The highest BCUT2D eigenvalue weighted by Crippen LogP contribution is 2.21. The van der Waals surface area contributed by atoms with Crippen molar-refractivity contribution in [3.05, 3.63) is 59.9 Å². The fourth-order valence-electron chi connectivity index (χ4n) is 2.30. The molecule has 0 aliphatic carbocycles. The third-order valence-corrected chi connectivity index (χ3v) is 3.32. The zero-order valence-corrected chi connectivity index (χ0v) is 12.5. The van der Waals surface area contributed by atoms with Crippen LogP contribution in [0.25, 0.3) is 10.9 Å². The van der Waals surface area contributed by atoms with Gasteiger partial charge in [0.15, 0.2) is 0 Å². The summed E-state index contributed by atoms with van der Waals surface area (Å²) < 4.78 is 28.6. The molecule has 0 saturated carbocycles. The van der Waals surface area contributed by atoms with Gasteiger partial charge < -0.3 is 10.1 Å². The lowest BCUT2D eigenvalue weighted by molar-refractivity contribution is -0.0498. The number of halogens is 2. The Balaban J connectivity index is 1.76. The maximum Gasteiger partial charge on any atom is 0.387 e. The second-order valence-corrected chi connectivity index (χ2v) is 5.01. The average molecular weight is 315 g/mol. The van der Waals surface area contributed by atoms with Crippen LogP contribution in [-0.4, -0.2) is 16.6 Å². The van der Waals surface area contributed by atoms with Gasteiger partial charge >= 0.3 is 6.61 Å². The number of anilines is 1. The van der Waals surface area contributed by atoms with Crippen LogP contribution in [-0.2, 0) is 6.54 Å². The highest BCUT2D eigenvalue weighted by molar-refractivity contribution is 5.88. The second-order valence-electron chi connectivity index (χ2n) is 5.01. The fraction of sp³-hybridized carbons (Fsp3) is 0.176. The predicted octanol–water partition coefficient (Wildman–Crippen LogP) is 4.15. The van der Waals surface area contributed by atoms with Crippen molar-refractivity contribution in [2.45, 2.75) is 20.1 Å². The summed E-state index contributed by atoms with van der Waals surface area (Å²) in [5.41, 5.74) is 1.81. The van der Waals surface area contributed by atoms with E-state index in [-0.39, 0.29) is 5.75 Å². The van der Waals surface area contributed by atoms with Crippen molar-refractivity contribution in [1.29, 1.82) is 0 Å². The highest BCUT2D eigenvalue weighted by atomic mass is 19.3. The SMILES string of the molecule is Cc1nc(NCc2ccc(OC(F)F)cc2)c2ccccc2n1. The Morgan fingerprint density at radius 1 is 1.04 bits per heavy atom. The molecule has 0 spiro atoms. The van der Waals surface area contributed by atoms with Crippen molar-refractivity contribution in [2.75, 3.05) is 5.32 Å². The molecule has 0 unspecified atom stereocenters. The number of aryl methyl sites for hydroxylation is 1. The number of para-hydroxylation sites is 1. The minimum atomic E-state index is -2.81. The molecule has 23 heavy (non-hydrogen) atoms. The average Bonchev–Trinajstić information content (AvgIpc) is 2.53. The van der Waals surface area contributed by atoms with E-state index in [9.17, 15) is 8.78 Å². The van der Waals surface area contributed by atoms with Gasteiger partial charge in [-0.2, -0.15) is 8.78 Å². The molecule has 0 amide bonds. The summed E-state index contributed by atoms with van der Waals surface area (Å²) in [4.78, 5) is 8.82. The summed E-state index contributed by atoms with van der Waals surface area (Å²) in [5, 5.41) is 4.21. The van der Waals surface area contributed by atoms with E-state index in [2.05, 4.69) is 20.0 Å². The lowest BCUT2D eigenvalue weighted by Crippen LogP contribution is -2.05.